The van der Waals surface area contributed by atoms with Crippen molar-refractivity contribution < 1.29 is 14.7 Å². The molecule has 0 fully saturated rings. The van der Waals surface area contributed by atoms with Crippen LogP contribution in [0.25, 0.3) is 0 Å². The average molecular weight is 212 g/mol. The standard InChI is InChI=1S/C8H12N4O3/c1-5(8(9)15)3-12-4-6(10-11-12)2-7(13)14/h4-5H,2-3H2,1H3,(H2,9,15)(H,13,14). The molecule has 0 aliphatic carbocycles. The van der Waals surface area contributed by atoms with Crippen molar-refractivity contribution in [3.63, 3.8) is 0 Å². The molecule has 1 aromatic heterocycles. The molecule has 0 saturated carbocycles. The van der Waals surface area contributed by atoms with Crippen molar-refractivity contribution in [3.8, 4) is 0 Å². The number of aliphatic carboxylic acids is 1. The zero-order chi connectivity index (χ0) is 11.4. The second-order valence-corrected chi connectivity index (χ2v) is 3.31. The van der Waals surface area contributed by atoms with E-state index in [9.17, 15) is 9.59 Å². The van der Waals surface area contributed by atoms with E-state index in [1.54, 1.807) is 6.92 Å². The van der Waals surface area contributed by atoms with Crippen LogP contribution in [-0.2, 0) is 22.6 Å². The van der Waals surface area contributed by atoms with Gasteiger partial charge in [-0.1, -0.05) is 12.1 Å². The third-order valence-corrected chi connectivity index (χ3v) is 1.87. The monoisotopic (exact) mass is 212 g/mol. The van der Waals surface area contributed by atoms with Gasteiger partial charge in [-0.2, -0.15) is 0 Å². The zero-order valence-electron chi connectivity index (χ0n) is 8.25. The number of amides is 1. The van der Waals surface area contributed by atoms with Gasteiger partial charge in [0, 0.05) is 6.20 Å². The van der Waals surface area contributed by atoms with Crippen LogP contribution < -0.4 is 5.73 Å². The maximum Gasteiger partial charge on any atom is 0.309 e. The van der Waals surface area contributed by atoms with Gasteiger partial charge in [0.15, 0.2) is 0 Å². The number of nitrogens with zero attached hydrogens (tertiary/aromatic N) is 3. The molecule has 3 N–H and O–H groups in total. The predicted octanol–water partition coefficient (Wildman–Crippen LogP) is -0.973. The second-order valence-electron chi connectivity index (χ2n) is 3.31. The number of carbonyl (C=O) groups is 2. The fourth-order valence-electron chi connectivity index (χ4n) is 1.03. The van der Waals surface area contributed by atoms with Crippen LogP contribution >= 0.6 is 0 Å². The van der Waals surface area contributed by atoms with Gasteiger partial charge < -0.3 is 10.8 Å². The minimum Gasteiger partial charge on any atom is -0.481 e. The van der Waals surface area contributed by atoms with Crippen LogP contribution in [0.1, 0.15) is 12.6 Å². The highest BCUT2D eigenvalue weighted by Crippen LogP contribution is 2.00. The van der Waals surface area contributed by atoms with Crippen molar-refractivity contribution >= 4 is 11.9 Å². The molecule has 0 aliphatic rings. The van der Waals surface area contributed by atoms with Gasteiger partial charge in [-0.25, -0.2) is 0 Å². The van der Waals surface area contributed by atoms with Crippen molar-refractivity contribution in [1.29, 1.82) is 0 Å². The van der Waals surface area contributed by atoms with Crippen LogP contribution in [0.15, 0.2) is 6.20 Å². The van der Waals surface area contributed by atoms with E-state index >= 15 is 0 Å². The van der Waals surface area contributed by atoms with Gasteiger partial charge in [-0.05, 0) is 0 Å². The fourth-order valence-corrected chi connectivity index (χ4v) is 1.03. The van der Waals surface area contributed by atoms with Crippen molar-refractivity contribution in [2.45, 2.75) is 19.9 Å². The van der Waals surface area contributed by atoms with Crippen LogP contribution in [0.2, 0.25) is 0 Å². The van der Waals surface area contributed by atoms with Gasteiger partial charge in [-0.15, -0.1) is 5.10 Å². The Labute approximate surface area is 85.9 Å². The van der Waals surface area contributed by atoms with E-state index in [0.717, 1.165) is 0 Å². The van der Waals surface area contributed by atoms with Gasteiger partial charge in [0.25, 0.3) is 0 Å². The van der Waals surface area contributed by atoms with E-state index in [2.05, 4.69) is 10.3 Å². The number of aromatic nitrogens is 3. The molecule has 1 aromatic rings. The lowest BCUT2D eigenvalue weighted by molar-refractivity contribution is -0.136. The molecule has 0 radical (unpaired) electrons. The van der Waals surface area contributed by atoms with Crippen LogP contribution in [-0.4, -0.2) is 32.0 Å². The summed E-state index contributed by atoms with van der Waals surface area (Å²) in [5.41, 5.74) is 5.44. The van der Waals surface area contributed by atoms with Gasteiger partial charge in [0.2, 0.25) is 5.91 Å². The van der Waals surface area contributed by atoms with E-state index in [1.807, 2.05) is 0 Å². The molecule has 1 heterocycles. The molecule has 1 rings (SSSR count). The number of rotatable bonds is 5. The molecular weight excluding hydrogens is 200 g/mol. The number of carbonyl (C=O) groups excluding carboxylic acids is 1. The summed E-state index contributed by atoms with van der Waals surface area (Å²) in [6.07, 6.45) is 1.32. The lowest BCUT2D eigenvalue weighted by Crippen LogP contribution is -2.24. The number of nitrogens with two attached hydrogens (primary N) is 1. The Hall–Kier alpha value is -1.92. The zero-order valence-corrected chi connectivity index (χ0v) is 8.25. The molecule has 0 aromatic carbocycles. The molecule has 7 nitrogen and oxygen atoms in total. The van der Waals surface area contributed by atoms with Gasteiger partial charge in [0.05, 0.1) is 24.6 Å². The number of carboxylic acid groups (broad SMARTS) is 1. The summed E-state index contributed by atoms with van der Waals surface area (Å²) in [7, 11) is 0. The summed E-state index contributed by atoms with van der Waals surface area (Å²) >= 11 is 0. The molecule has 0 bridgehead atoms. The topological polar surface area (TPSA) is 111 Å². The van der Waals surface area contributed by atoms with Crippen molar-refractivity contribution in [2.24, 2.45) is 11.7 Å². The first kappa shape index (κ1) is 11.2. The Balaban J connectivity index is 2.60. The van der Waals surface area contributed by atoms with Gasteiger partial charge in [0.1, 0.15) is 0 Å². The lowest BCUT2D eigenvalue weighted by Gasteiger charge is -2.05. The fraction of sp³-hybridized carbons (Fsp3) is 0.500. The smallest absolute Gasteiger partial charge is 0.309 e. The van der Waals surface area contributed by atoms with E-state index in [-0.39, 0.29) is 12.3 Å². The largest absolute Gasteiger partial charge is 0.481 e. The van der Waals surface area contributed by atoms with E-state index in [0.29, 0.717) is 12.2 Å². The molecule has 0 spiro atoms. The molecular formula is C8H12N4O3. The summed E-state index contributed by atoms with van der Waals surface area (Å²) in [4.78, 5) is 21.1. The van der Waals surface area contributed by atoms with Gasteiger partial charge >= 0.3 is 5.97 Å². The number of hydrogen-bond acceptors (Lipinski definition) is 4. The van der Waals surface area contributed by atoms with Crippen LogP contribution in [0, 0.1) is 5.92 Å². The highest BCUT2D eigenvalue weighted by molar-refractivity contribution is 5.76. The predicted molar refractivity (Wildman–Crippen MR) is 49.7 cm³/mol. The van der Waals surface area contributed by atoms with Crippen molar-refractivity contribution in [2.75, 3.05) is 0 Å². The maximum absolute atomic E-state index is 10.8. The molecule has 0 saturated heterocycles. The van der Waals surface area contributed by atoms with E-state index in [4.69, 9.17) is 10.8 Å². The van der Waals surface area contributed by atoms with Crippen LogP contribution in [0.5, 0.6) is 0 Å². The van der Waals surface area contributed by atoms with Crippen LogP contribution in [0.3, 0.4) is 0 Å². The molecule has 82 valence electrons. The van der Waals surface area contributed by atoms with Crippen molar-refractivity contribution in [1.82, 2.24) is 15.0 Å². The van der Waals surface area contributed by atoms with Gasteiger partial charge in [-0.3, -0.25) is 14.3 Å². The molecule has 1 atom stereocenters. The molecule has 15 heavy (non-hydrogen) atoms. The van der Waals surface area contributed by atoms with E-state index < -0.39 is 11.9 Å². The third-order valence-electron chi connectivity index (χ3n) is 1.87. The first-order chi connectivity index (χ1) is 6.99. The summed E-state index contributed by atoms with van der Waals surface area (Å²) in [6.45, 7) is 1.98. The number of hydrogen-bond donors (Lipinski definition) is 2. The molecule has 1 unspecified atom stereocenters. The third kappa shape index (κ3) is 3.37. The van der Waals surface area contributed by atoms with E-state index in [1.165, 1.54) is 10.9 Å². The quantitative estimate of drug-likeness (QED) is 0.652. The lowest BCUT2D eigenvalue weighted by atomic mass is 10.2. The maximum atomic E-state index is 10.8. The molecule has 1 amide bonds. The Morgan fingerprint density at radius 2 is 2.33 bits per heavy atom. The highest BCUT2D eigenvalue weighted by Gasteiger charge is 2.11. The summed E-state index contributed by atoms with van der Waals surface area (Å²) in [5, 5.41) is 15.8. The Kier molecular flexibility index (Phi) is 3.37. The summed E-state index contributed by atoms with van der Waals surface area (Å²) in [5.74, 6) is -1.75. The SMILES string of the molecule is CC(Cn1cc(CC(=O)O)nn1)C(N)=O. The second kappa shape index (κ2) is 4.54. The van der Waals surface area contributed by atoms with Crippen molar-refractivity contribution in [3.05, 3.63) is 11.9 Å². The molecule has 7 heteroatoms. The average Bonchev–Trinajstić information content (AvgIpc) is 2.51. The Morgan fingerprint density at radius 3 is 2.87 bits per heavy atom. The number of primary amides is 1. The number of carboxylic acids is 1. The highest BCUT2D eigenvalue weighted by atomic mass is 16.4. The minimum atomic E-state index is -0.968. The Bertz CT molecular complexity index is 374. The Morgan fingerprint density at radius 1 is 1.67 bits per heavy atom. The first-order valence-electron chi connectivity index (χ1n) is 4.39. The summed E-state index contributed by atoms with van der Waals surface area (Å²) in [6, 6.07) is 0. The molecule has 0 aliphatic heterocycles. The normalized spacial score (nSPS) is 12.3. The first-order valence-corrected chi connectivity index (χ1v) is 4.39. The van der Waals surface area contributed by atoms with Crippen LogP contribution in [0.4, 0.5) is 0 Å². The minimum absolute atomic E-state index is 0.176. The summed E-state index contributed by atoms with van der Waals surface area (Å²) < 4.78 is 1.41.